The van der Waals surface area contributed by atoms with E-state index in [1.54, 1.807) is 12.1 Å². The first-order chi connectivity index (χ1) is 7.63. The third kappa shape index (κ3) is 4.29. The van der Waals surface area contributed by atoms with E-state index in [-0.39, 0.29) is 0 Å². The summed E-state index contributed by atoms with van der Waals surface area (Å²) >= 11 is 11.5. The molecule has 0 radical (unpaired) electrons. The molecule has 0 bridgehead atoms. The van der Waals surface area contributed by atoms with Crippen LogP contribution in [0.15, 0.2) is 18.2 Å². The number of unbranched alkanes of at least 4 members (excludes halogenated alkanes) is 1. The van der Waals surface area contributed by atoms with Crippen molar-refractivity contribution in [3.05, 3.63) is 28.2 Å². The normalized spacial score (nSPS) is 9.94. The Hall–Kier alpha value is -0.930. The lowest BCUT2D eigenvalue weighted by Crippen LogP contribution is -2.11. The van der Waals surface area contributed by atoms with E-state index in [4.69, 9.17) is 32.7 Å². The maximum Gasteiger partial charge on any atom is 0.513 e. The van der Waals surface area contributed by atoms with Crippen LogP contribution in [0.1, 0.15) is 19.8 Å². The summed E-state index contributed by atoms with van der Waals surface area (Å²) < 4.78 is 9.71. The van der Waals surface area contributed by atoms with Crippen molar-refractivity contribution >= 4 is 29.4 Å². The molecular formula is C11H12Cl2O3. The molecule has 3 nitrogen and oxygen atoms in total. The summed E-state index contributed by atoms with van der Waals surface area (Å²) in [6.45, 7) is 2.37. The first kappa shape index (κ1) is 13.1. The first-order valence-electron chi connectivity index (χ1n) is 4.93. The summed E-state index contributed by atoms with van der Waals surface area (Å²) in [6, 6.07) is 4.57. The second-order valence-corrected chi connectivity index (χ2v) is 3.94. The lowest BCUT2D eigenvalue weighted by molar-refractivity contribution is 0.0978. The number of rotatable bonds is 4. The van der Waals surface area contributed by atoms with Crippen molar-refractivity contribution in [1.29, 1.82) is 0 Å². The third-order valence-corrected chi connectivity index (χ3v) is 2.55. The number of carbonyl (C=O) groups is 1. The van der Waals surface area contributed by atoms with E-state index in [2.05, 4.69) is 0 Å². The van der Waals surface area contributed by atoms with Gasteiger partial charge < -0.3 is 9.47 Å². The average molecular weight is 263 g/mol. The number of hydrogen-bond acceptors (Lipinski definition) is 3. The molecule has 0 amide bonds. The molecule has 0 aromatic heterocycles. The fourth-order valence-corrected chi connectivity index (χ4v) is 1.25. The van der Waals surface area contributed by atoms with Gasteiger partial charge in [0.05, 0.1) is 16.7 Å². The largest absolute Gasteiger partial charge is 0.513 e. The summed E-state index contributed by atoms with van der Waals surface area (Å²) in [4.78, 5) is 11.2. The number of halogens is 2. The monoisotopic (exact) mass is 262 g/mol. The fourth-order valence-electron chi connectivity index (χ4n) is 0.966. The van der Waals surface area contributed by atoms with E-state index in [1.165, 1.54) is 6.07 Å². The summed E-state index contributed by atoms with van der Waals surface area (Å²) in [5, 5.41) is 0.744. The molecule has 0 atom stereocenters. The molecule has 0 N–H and O–H groups in total. The number of benzene rings is 1. The molecule has 0 heterocycles. The SMILES string of the molecule is CCCCOC(=O)Oc1ccc(Cl)c(Cl)c1. The highest BCUT2D eigenvalue weighted by molar-refractivity contribution is 6.42. The van der Waals surface area contributed by atoms with Gasteiger partial charge in [0.2, 0.25) is 0 Å². The van der Waals surface area contributed by atoms with E-state index in [0.717, 1.165) is 12.8 Å². The van der Waals surface area contributed by atoms with Gasteiger partial charge in [-0.25, -0.2) is 4.79 Å². The molecule has 0 aliphatic rings. The molecule has 88 valence electrons. The molecule has 5 heteroatoms. The van der Waals surface area contributed by atoms with Crippen LogP contribution in [-0.4, -0.2) is 12.8 Å². The smallest absolute Gasteiger partial charge is 0.434 e. The quantitative estimate of drug-likeness (QED) is 0.461. The van der Waals surface area contributed by atoms with Gasteiger partial charge in [0.15, 0.2) is 0 Å². The number of carbonyl (C=O) groups excluding carboxylic acids is 1. The van der Waals surface area contributed by atoms with Gasteiger partial charge in [-0.15, -0.1) is 0 Å². The van der Waals surface area contributed by atoms with Gasteiger partial charge in [-0.3, -0.25) is 0 Å². The molecular weight excluding hydrogens is 251 g/mol. The van der Waals surface area contributed by atoms with Gasteiger partial charge in [-0.05, 0) is 18.6 Å². The highest BCUT2D eigenvalue weighted by atomic mass is 35.5. The zero-order valence-corrected chi connectivity index (χ0v) is 10.3. The minimum Gasteiger partial charge on any atom is -0.434 e. The standard InChI is InChI=1S/C11H12Cl2O3/c1-2-3-6-15-11(14)16-8-4-5-9(12)10(13)7-8/h4-5,7H,2-3,6H2,1H3. The van der Waals surface area contributed by atoms with Crippen LogP contribution in [0, 0.1) is 0 Å². The van der Waals surface area contributed by atoms with Gasteiger partial charge in [-0.2, -0.15) is 0 Å². The van der Waals surface area contributed by atoms with Gasteiger partial charge in [0.25, 0.3) is 0 Å². The molecule has 0 unspecified atom stereocenters. The fraction of sp³-hybridized carbons (Fsp3) is 0.364. The van der Waals surface area contributed by atoms with Gasteiger partial charge in [-0.1, -0.05) is 36.5 Å². The zero-order chi connectivity index (χ0) is 12.0. The van der Waals surface area contributed by atoms with E-state index < -0.39 is 6.16 Å². The van der Waals surface area contributed by atoms with Crippen LogP contribution in [0.4, 0.5) is 4.79 Å². The van der Waals surface area contributed by atoms with Crippen molar-refractivity contribution in [3.63, 3.8) is 0 Å². The predicted octanol–water partition coefficient (Wildman–Crippen LogP) is 4.31. The summed E-state index contributed by atoms with van der Waals surface area (Å²) in [5.74, 6) is 0.316. The maximum absolute atomic E-state index is 11.2. The van der Waals surface area contributed by atoms with Gasteiger partial charge >= 0.3 is 6.16 Å². The molecule has 0 saturated heterocycles. The van der Waals surface area contributed by atoms with Crippen molar-refractivity contribution in [1.82, 2.24) is 0 Å². The van der Waals surface area contributed by atoms with Crippen LogP contribution in [0.3, 0.4) is 0 Å². The van der Waals surface area contributed by atoms with Crippen LogP contribution in [0.25, 0.3) is 0 Å². The highest BCUT2D eigenvalue weighted by Gasteiger charge is 2.07. The molecule has 1 aromatic rings. The molecule has 0 aliphatic carbocycles. The third-order valence-electron chi connectivity index (χ3n) is 1.81. The molecule has 1 aromatic carbocycles. The molecule has 1 rings (SSSR count). The van der Waals surface area contributed by atoms with E-state index in [9.17, 15) is 4.79 Å². The summed E-state index contributed by atoms with van der Waals surface area (Å²) in [5.41, 5.74) is 0. The molecule has 0 fully saturated rings. The molecule has 0 saturated carbocycles. The van der Waals surface area contributed by atoms with Gasteiger partial charge in [0, 0.05) is 6.07 Å². The topological polar surface area (TPSA) is 35.5 Å². The minimum absolute atomic E-state index is 0.316. The van der Waals surface area contributed by atoms with Crippen molar-refractivity contribution in [3.8, 4) is 5.75 Å². The van der Waals surface area contributed by atoms with E-state index >= 15 is 0 Å². The Morgan fingerprint density at radius 1 is 1.31 bits per heavy atom. The van der Waals surface area contributed by atoms with Crippen molar-refractivity contribution in [2.45, 2.75) is 19.8 Å². The maximum atomic E-state index is 11.2. The lowest BCUT2D eigenvalue weighted by atomic mass is 10.3. The van der Waals surface area contributed by atoms with Crippen LogP contribution in [0.5, 0.6) is 5.75 Å². The second-order valence-electron chi connectivity index (χ2n) is 3.13. The number of ether oxygens (including phenoxy) is 2. The Kier molecular flexibility index (Phi) is 5.43. The average Bonchev–Trinajstić information content (AvgIpc) is 2.24. The van der Waals surface area contributed by atoms with Crippen molar-refractivity contribution in [2.24, 2.45) is 0 Å². The Labute approximate surface area is 104 Å². The molecule has 16 heavy (non-hydrogen) atoms. The summed E-state index contributed by atoms with van der Waals surface area (Å²) in [6.07, 6.45) is 1.04. The summed E-state index contributed by atoms with van der Waals surface area (Å²) in [7, 11) is 0. The highest BCUT2D eigenvalue weighted by Crippen LogP contribution is 2.26. The Bertz CT molecular complexity index is 366. The van der Waals surface area contributed by atoms with Crippen LogP contribution in [0.2, 0.25) is 10.0 Å². The van der Waals surface area contributed by atoms with Gasteiger partial charge in [0.1, 0.15) is 5.75 Å². The van der Waals surface area contributed by atoms with Crippen molar-refractivity contribution < 1.29 is 14.3 Å². The number of hydrogen-bond donors (Lipinski definition) is 0. The van der Waals surface area contributed by atoms with Crippen molar-refractivity contribution in [2.75, 3.05) is 6.61 Å². The van der Waals surface area contributed by atoms with E-state index in [1.807, 2.05) is 6.92 Å². The Morgan fingerprint density at radius 2 is 2.06 bits per heavy atom. The molecule has 0 spiro atoms. The Balaban J connectivity index is 2.46. The first-order valence-corrected chi connectivity index (χ1v) is 5.68. The minimum atomic E-state index is -0.730. The van der Waals surface area contributed by atoms with Crippen LogP contribution >= 0.6 is 23.2 Å². The lowest BCUT2D eigenvalue weighted by Gasteiger charge is -2.05. The zero-order valence-electron chi connectivity index (χ0n) is 8.83. The van der Waals surface area contributed by atoms with E-state index in [0.29, 0.717) is 22.4 Å². The molecule has 0 aliphatic heterocycles. The van der Waals surface area contributed by atoms with Crippen LogP contribution in [-0.2, 0) is 4.74 Å². The van der Waals surface area contributed by atoms with Crippen LogP contribution < -0.4 is 4.74 Å². The predicted molar refractivity (Wildman–Crippen MR) is 63.3 cm³/mol. The second kappa shape index (κ2) is 6.61. The Morgan fingerprint density at radius 3 is 2.69 bits per heavy atom.